The maximum atomic E-state index is 12.8. The predicted molar refractivity (Wildman–Crippen MR) is 106 cm³/mol. The van der Waals surface area contributed by atoms with Crippen molar-refractivity contribution in [2.24, 2.45) is 0 Å². The van der Waals surface area contributed by atoms with Gasteiger partial charge in [0.2, 0.25) is 5.91 Å². The molecule has 1 heterocycles. The third-order valence-corrected chi connectivity index (χ3v) is 4.64. The van der Waals surface area contributed by atoms with Gasteiger partial charge in [-0.15, -0.1) is 0 Å². The number of hydrogen-bond acceptors (Lipinski definition) is 3. The van der Waals surface area contributed by atoms with Gasteiger partial charge in [-0.3, -0.25) is 23.5 Å². The molecule has 1 aromatic heterocycles. The Morgan fingerprint density at radius 1 is 0.926 bits per heavy atom. The lowest BCUT2D eigenvalue weighted by Gasteiger charge is -2.16. The summed E-state index contributed by atoms with van der Waals surface area (Å²) in [5, 5.41) is 2.84. The molecule has 0 aliphatic carbocycles. The zero-order valence-electron chi connectivity index (χ0n) is 15.5. The number of aromatic nitrogens is 2. The maximum Gasteiger partial charge on any atom is 0.317 e. The first-order valence-electron chi connectivity index (χ1n) is 9.07. The second-order valence-corrected chi connectivity index (χ2v) is 6.63. The van der Waals surface area contributed by atoms with Crippen molar-refractivity contribution in [3.63, 3.8) is 0 Å². The van der Waals surface area contributed by atoms with E-state index in [4.69, 9.17) is 0 Å². The Hall–Kier alpha value is -3.15. The van der Waals surface area contributed by atoms with Gasteiger partial charge in [0.1, 0.15) is 6.54 Å². The molecule has 0 unspecified atom stereocenters. The van der Waals surface area contributed by atoms with Crippen LogP contribution in [0, 0.1) is 0 Å². The first kappa shape index (κ1) is 18.6. The molecule has 6 heteroatoms. The Balaban J connectivity index is 2.08. The zero-order valence-corrected chi connectivity index (χ0v) is 15.5. The number of para-hydroxylation sites is 2. The molecule has 0 bridgehead atoms. The monoisotopic (exact) mass is 365 g/mol. The van der Waals surface area contributed by atoms with Crippen LogP contribution in [0.2, 0.25) is 0 Å². The highest BCUT2D eigenvalue weighted by molar-refractivity contribution is 5.80. The van der Waals surface area contributed by atoms with Crippen LogP contribution in [-0.2, 0) is 17.9 Å². The molecule has 6 nitrogen and oxygen atoms in total. The molecule has 2 aromatic carbocycles. The van der Waals surface area contributed by atoms with Crippen molar-refractivity contribution >= 4 is 16.9 Å². The van der Waals surface area contributed by atoms with E-state index in [9.17, 15) is 14.4 Å². The quantitative estimate of drug-likeness (QED) is 0.680. The Kier molecular flexibility index (Phi) is 5.54. The van der Waals surface area contributed by atoms with Crippen LogP contribution in [0.1, 0.15) is 25.8 Å². The highest BCUT2D eigenvalue weighted by Gasteiger charge is 2.16. The summed E-state index contributed by atoms with van der Waals surface area (Å²) in [5.41, 5.74) is 0.800. The lowest BCUT2D eigenvalue weighted by atomic mass is 10.2. The first-order valence-corrected chi connectivity index (χ1v) is 9.07. The largest absolute Gasteiger partial charge is 0.352 e. The number of hydrogen-bond donors (Lipinski definition) is 1. The third kappa shape index (κ3) is 4.00. The molecule has 140 valence electrons. The molecule has 0 aliphatic rings. The summed E-state index contributed by atoms with van der Waals surface area (Å²) in [7, 11) is 0. The number of amides is 1. The first-order chi connectivity index (χ1) is 13.0. The fourth-order valence-electron chi connectivity index (χ4n) is 3.02. The lowest BCUT2D eigenvalue weighted by molar-refractivity contribution is -0.122. The molecule has 3 aromatic rings. The second kappa shape index (κ2) is 8.03. The van der Waals surface area contributed by atoms with Crippen molar-refractivity contribution in [2.45, 2.75) is 39.4 Å². The highest BCUT2D eigenvalue weighted by atomic mass is 16.2. The number of nitrogens with zero attached hydrogens (tertiary/aromatic N) is 2. The van der Waals surface area contributed by atoms with E-state index < -0.39 is 11.1 Å². The van der Waals surface area contributed by atoms with E-state index in [0.29, 0.717) is 17.6 Å². The fourth-order valence-corrected chi connectivity index (χ4v) is 3.02. The number of rotatable bonds is 6. The number of benzene rings is 2. The van der Waals surface area contributed by atoms with Crippen LogP contribution in [0.4, 0.5) is 0 Å². The molecule has 0 saturated heterocycles. The minimum Gasteiger partial charge on any atom is -0.352 e. The number of carbonyl (C=O) groups is 1. The van der Waals surface area contributed by atoms with Crippen LogP contribution in [0.5, 0.6) is 0 Å². The van der Waals surface area contributed by atoms with Crippen LogP contribution in [0.3, 0.4) is 0 Å². The van der Waals surface area contributed by atoms with E-state index in [1.54, 1.807) is 18.2 Å². The van der Waals surface area contributed by atoms with E-state index in [1.165, 1.54) is 9.13 Å². The minimum atomic E-state index is -0.691. The van der Waals surface area contributed by atoms with Crippen LogP contribution in [0.25, 0.3) is 11.0 Å². The van der Waals surface area contributed by atoms with E-state index in [2.05, 4.69) is 5.32 Å². The standard InChI is InChI=1S/C21H23N3O3/c1-3-15(2)22-19(25)14-24-18-12-8-7-11-17(18)23(20(26)21(24)27)13-16-9-5-4-6-10-16/h4-12,15H,3,13-14H2,1-2H3,(H,22,25)/t15-/m0/s1. The van der Waals surface area contributed by atoms with Gasteiger partial charge in [0.15, 0.2) is 0 Å². The number of fused-ring (bicyclic) bond motifs is 1. The summed E-state index contributed by atoms with van der Waals surface area (Å²) in [6.45, 7) is 3.99. The normalized spacial score (nSPS) is 12.1. The van der Waals surface area contributed by atoms with E-state index in [-0.39, 0.29) is 18.5 Å². The van der Waals surface area contributed by atoms with Gasteiger partial charge in [-0.05, 0) is 31.0 Å². The van der Waals surface area contributed by atoms with Crippen molar-refractivity contribution in [1.29, 1.82) is 0 Å². The fraction of sp³-hybridized carbons (Fsp3) is 0.286. The van der Waals surface area contributed by atoms with Crippen LogP contribution >= 0.6 is 0 Å². The molecule has 3 rings (SSSR count). The van der Waals surface area contributed by atoms with Gasteiger partial charge in [-0.2, -0.15) is 0 Å². The van der Waals surface area contributed by atoms with Gasteiger partial charge in [0.25, 0.3) is 0 Å². The summed E-state index contributed by atoms with van der Waals surface area (Å²) < 4.78 is 2.73. The van der Waals surface area contributed by atoms with Gasteiger partial charge >= 0.3 is 11.1 Å². The van der Waals surface area contributed by atoms with Crippen LogP contribution in [0.15, 0.2) is 64.2 Å². The summed E-state index contributed by atoms with van der Waals surface area (Å²) in [6, 6.07) is 16.7. The maximum absolute atomic E-state index is 12.8. The highest BCUT2D eigenvalue weighted by Crippen LogP contribution is 2.12. The molecule has 1 atom stereocenters. The average Bonchev–Trinajstić information content (AvgIpc) is 2.69. The molecule has 0 spiro atoms. The van der Waals surface area contributed by atoms with Gasteiger partial charge in [-0.1, -0.05) is 49.4 Å². The average molecular weight is 365 g/mol. The molecule has 1 N–H and O–H groups in total. The summed E-state index contributed by atoms with van der Waals surface area (Å²) >= 11 is 0. The Labute approximate surface area is 157 Å². The second-order valence-electron chi connectivity index (χ2n) is 6.63. The summed E-state index contributed by atoms with van der Waals surface area (Å²) in [5.74, 6) is -0.281. The summed E-state index contributed by atoms with van der Waals surface area (Å²) in [4.78, 5) is 37.8. The van der Waals surface area contributed by atoms with Crippen molar-refractivity contribution in [3.05, 3.63) is 80.9 Å². The van der Waals surface area contributed by atoms with E-state index in [0.717, 1.165) is 12.0 Å². The van der Waals surface area contributed by atoms with Gasteiger partial charge in [0, 0.05) is 6.04 Å². The number of carbonyl (C=O) groups excluding carboxylic acids is 1. The molecule has 0 aliphatic heterocycles. The van der Waals surface area contributed by atoms with Gasteiger partial charge < -0.3 is 5.32 Å². The molecule has 0 saturated carbocycles. The van der Waals surface area contributed by atoms with Crippen LogP contribution < -0.4 is 16.4 Å². The molecule has 1 amide bonds. The van der Waals surface area contributed by atoms with E-state index in [1.807, 2.05) is 50.2 Å². The number of nitrogens with one attached hydrogen (secondary N) is 1. The van der Waals surface area contributed by atoms with Gasteiger partial charge in [0.05, 0.1) is 17.6 Å². The van der Waals surface area contributed by atoms with Crippen molar-refractivity contribution in [2.75, 3.05) is 0 Å². The SMILES string of the molecule is CC[C@H](C)NC(=O)Cn1c(=O)c(=O)n(Cc2ccccc2)c2ccccc21. The topological polar surface area (TPSA) is 73.1 Å². The predicted octanol–water partition coefficient (Wildman–Crippen LogP) is 2.13. The molecule has 27 heavy (non-hydrogen) atoms. The smallest absolute Gasteiger partial charge is 0.317 e. The lowest BCUT2D eigenvalue weighted by Crippen LogP contribution is -2.45. The molecule has 0 fully saturated rings. The zero-order chi connectivity index (χ0) is 19.4. The Morgan fingerprint density at radius 2 is 1.48 bits per heavy atom. The summed E-state index contributed by atoms with van der Waals surface area (Å²) in [6.07, 6.45) is 0.792. The van der Waals surface area contributed by atoms with Crippen molar-refractivity contribution in [1.82, 2.24) is 14.5 Å². The third-order valence-electron chi connectivity index (χ3n) is 4.64. The van der Waals surface area contributed by atoms with Gasteiger partial charge in [-0.25, -0.2) is 0 Å². The van der Waals surface area contributed by atoms with E-state index >= 15 is 0 Å². The Bertz CT molecular complexity index is 1070. The minimum absolute atomic E-state index is 0.0120. The van der Waals surface area contributed by atoms with Crippen LogP contribution in [-0.4, -0.2) is 21.1 Å². The van der Waals surface area contributed by atoms with Crippen molar-refractivity contribution in [3.8, 4) is 0 Å². The molecular formula is C21H23N3O3. The molecular weight excluding hydrogens is 342 g/mol. The van der Waals surface area contributed by atoms with Crippen molar-refractivity contribution < 1.29 is 4.79 Å². The molecule has 0 radical (unpaired) electrons. The Morgan fingerprint density at radius 3 is 2.11 bits per heavy atom.